The number of carbonyl (C=O) groups is 1. The molecule has 1 aliphatic rings. The van der Waals surface area contributed by atoms with Crippen molar-refractivity contribution in [3.63, 3.8) is 0 Å². The average Bonchev–Trinajstić information content (AvgIpc) is 3.20. The Morgan fingerprint density at radius 3 is 2.53 bits per heavy atom. The third kappa shape index (κ3) is 4.97. The Balaban J connectivity index is 1.57. The van der Waals surface area contributed by atoms with Crippen LogP contribution in [0.3, 0.4) is 0 Å². The molecule has 4 rings (SSSR count). The molecular formula is C25H34N6O3. The number of benzene rings is 1. The summed E-state index contributed by atoms with van der Waals surface area (Å²) in [5.74, 6) is 0.00206. The van der Waals surface area contributed by atoms with Crippen LogP contribution in [0.2, 0.25) is 0 Å². The van der Waals surface area contributed by atoms with E-state index >= 15 is 0 Å². The lowest BCUT2D eigenvalue weighted by atomic mass is 9.87. The minimum absolute atomic E-state index is 0.00206. The summed E-state index contributed by atoms with van der Waals surface area (Å²) in [6.45, 7) is 4.44. The van der Waals surface area contributed by atoms with Gasteiger partial charge in [-0.25, -0.2) is 0 Å². The monoisotopic (exact) mass is 466 g/mol. The molecule has 3 N–H and O–H groups in total. The molecule has 0 atom stereocenters. The number of pyridine rings is 1. The maximum absolute atomic E-state index is 13.5. The smallest absolute Gasteiger partial charge is 0.196 e. The molecule has 3 aromatic rings. The van der Waals surface area contributed by atoms with Gasteiger partial charge in [-0.3, -0.25) is 19.4 Å². The van der Waals surface area contributed by atoms with E-state index in [9.17, 15) is 4.79 Å². The quantitative estimate of drug-likeness (QED) is 0.256. The second-order valence-corrected chi connectivity index (χ2v) is 8.93. The van der Waals surface area contributed by atoms with Crippen molar-refractivity contribution in [3.05, 3.63) is 41.7 Å². The largest absolute Gasteiger partial charge is 0.395 e. The molecule has 182 valence electrons. The minimum atomic E-state index is 0.00206. The normalized spacial score (nSPS) is 12.7. The van der Waals surface area contributed by atoms with E-state index < -0.39 is 0 Å². The van der Waals surface area contributed by atoms with Gasteiger partial charge in [0, 0.05) is 60.8 Å². The summed E-state index contributed by atoms with van der Waals surface area (Å²) in [6, 6.07) is 5.81. The molecule has 0 unspecified atom stereocenters. The van der Waals surface area contributed by atoms with Crippen LogP contribution >= 0.6 is 0 Å². The maximum Gasteiger partial charge on any atom is 0.196 e. The molecule has 0 bridgehead atoms. The molecule has 0 fully saturated rings. The van der Waals surface area contributed by atoms with Gasteiger partial charge < -0.3 is 20.4 Å². The molecule has 1 aliphatic carbocycles. The number of fused-ring (bicyclic) bond motifs is 2. The molecule has 34 heavy (non-hydrogen) atoms. The fourth-order valence-electron chi connectivity index (χ4n) is 4.53. The van der Waals surface area contributed by atoms with Gasteiger partial charge in [-0.15, -0.1) is 0 Å². The first kappa shape index (κ1) is 24.3. The zero-order valence-electron chi connectivity index (χ0n) is 20.0. The highest BCUT2D eigenvalue weighted by Crippen LogP contribution is 2.41. The number of hydrogen-bond donors (Lipinski definition) is 3. The van der Waals surface area contributed by atoms with E-state index in [1.54, 1.807) is 18.5 Å². The summed E-state index contributed by atoms with van der Waals surface area (Å²) in [7, 11) is 4.07. The van der Waals surface area contributed by atoms with E-state index in [1.807, 2.05) is 30.9 Å². The van der Waals surface area contributed by atoms with Gasteiger partial charge in [0.2, 0.25) is 0 Å². The first-order valence-corrected chi connectivity index (χ1v) is 11.9. The Morgan fingerprint density at radius 2 is 1.79 bits per heavy atom. The van der Waals surface area contributed by atoms with Gasteiger partial charge in [-0.2, -0.15) is 5.10 Å². The molecule has 0 aliphatic heterocycles. The SMILES string of the molecule is CN(C)CCn1nc2c3c(c(NCCCCN(CCO)CCO)ccc31)C(=O)c1ccncc1-2. The second-order valence-electron chi connectivity index (χ2n) is 8.93. The highest BCUT2D eigenvalue weighted by Gasteiger charge is 2.31. The summed E-state index contributed by atoms with van der Waals surface area (Å²) < 4.78 is 1.99. The third-order valence-electron chi connectivity index (χ3n) is 6.27. The lowest BCUT2D eigenvalue weighted by Crippen LogP contribution is -2.31. The van der Waals surface area contributed by atoms with E-state index in [1.165, 1.54) is 0 Å². The molecule has 2 heterocycles. The van der Waals surface area contributed by atoms with Gasteiger partial charge in [0.15, 0.2) is 5.78 Å². The summed E-state index contributed by atoms with van der Waals surface area (Å²) in [6.07, 6.45) is 5.23. The van der Waals surface area contributed by atoms with Crippen LogP contribution < -0.4 is 5.32 Å². The van der Waals surface area contributed by atoms with Gasteiger partial charge in [-0.1, -0.05) is 0 Å². The van der Waals surface area contributed by atoms with E-state index in [4.69, 9.17) is 15.3 Å². The van der Waals surface area contributed by atoms with E-state index in [-0.39, 0.29) is 19.0 Å². The van der Waals surface area contributed by atoms with Crippen LogP contribution in [-0.4, -0.2) is 101 Å². The predicted molar refractivity (Wildman–Crippen MR) is 133 cm³/mol. The van der Waals surface area contributed by atoms with Gasteiger partial charge >= 0.3 is 0 Å². The number of aliphatic hydroxyl groups excluding tert-OH is 2. The summed E-state index contributed by atoms with van der Waals surface area (Å²) in [5.41, 5.74) is 4.72. The van der Waals surface area contributed by atoms with Crippen molar-refractivity contribution in [2.24, 2.45) is 0 Å². The van der Waals surface area contributed by atoms with Crippen LogP contribution in [0.25, 0.3) is 22.2 Å². The molecule has 9 heteroatoms. The van der Waals surface area contributed by atoms with Gasteiger partial charge in [0.05, 0.1) is 30.8 Å². The molecule has 0 radical (unpaired) electrons. The van der Waals surface area contributed by atoms with Gasteiger partial charge in [0.25, 0.3) is 0 Å². The van der Waals surface area contributed by atoms with Crippen LogP contribution in [0.15, 0.2) is 30.6 Å². The van der Waals surface area contributed by atoms with Gasteiger partial charge in [0.1, 0.15) is 5.69 Å². The zero-order valence-corrected chi connectivity index (χ0v) is 20.0. The molecular weight excluding hydrogens is 432 g/mol. The Morgan fingerprint density at radius 1 is 1.00 bits per heavy atom. The maximum atomic E-state index is 13.5. The summed E-state index contributed by atoms with van der Waals surface area (Å²) >= 11 is 0. The number of ketones is 1. The molecule has 0 saturated heterocycles. The number of aliphatic hydroxyl groups is 2. The summed E-state index contributed by atoms with van der Waals surface area (Å²) in [5, 5.41) is 27.6. The van der Waals surface area contributed by atoms with Crippen LogP contribution in [0.5, 0.6) is 0 Å². The highest BCUT2D eigenvalue weighted by molar-refractivity contribution is 6.27. The Kier molecular flexibility index (Phi) is 7.89. The number of nitrogens with zero attached hydrogens (tertiary/aromatic N) is 5. The van der Waals surface area contributed by atoms with Crippen LogP contribution in [0.1, 0.15) is 28.8 Å². The number of carbonyl (C=O) groups excluding carboxylic acids is 1. The lowest BCUT2D eigenvalue weighted by Gasteiger charge is -2.20. The number of hydrogen-bond acceptors (Lipinski definition) is 8. The molecule has 9 nitrogen and oxygen atoms in total. The lowest BCUT2D eigenvalue weighted by molar-refractivity contribution is 0.104. The molecule has 0 amide bonds. The van der Waals surface area contributed by atoms with Crippen LogP contribution in [0.4, 0.5) is 5.69 Å². The third-order valence-corrected chi connectivity index (χ3v) is 6.27. The number of nitrogens with one attached hydrogen (secondary N) is 1. The van der Waals surface area contributed by atoms with Crippen molar-refractivity contribution in [3.8, 4) is 11.3 Å². The Hall–Kier alpha value is -2.85. The van der Waals surface area contributed by atoms with Crippen molar-refractivity contribution < 1.29 is 15.0 Å². The Labute approximate surface area is 200 Å². The van der Waals surface area contributed by atoms with E-state index in [0.29, 0.717) is 24.2 Å². The average molecular weight is 467 g/mol. The molecule has 1 aromatic carbocycles. The first-order valence-electron chi connectivity index (χ1n) is 11.9. The standard InChI is InChI=1S/C25H34N6O3/c1-29(2)11-12-31-21-6-5-20(27-8-3-4-10-30(13-15-32)14-16-33)22-23(21)24(28-31)19-17-26-9-7-18(19)25(22)34/h5-7,9,17,27,32-33H,3-4,8,10-16H2,1-2H3. The van der Waals surface area contributed by atoms with E-state index in [0.717, 1.165) is 66.9 Å². The number of aromatic nitrogens is 3. The topological polar surface area (TPSA) is 107 Å². The second kappa shape index (κ2) is 11.1. The predicted octanol–water partition coefficient (Wildman–Crippen LogP) is 1.68. The van der Waals surface area contributed by atoms with Gasteiger partial charge in [-0.05, 0) is 51.7 Å². The van der Waals surface area contributed by atoms with Crippen molar-refractivity contribution in [1.29, 1.82) is 0 Å². The number of likely N-dealkylation sites (N-methyl/N-ethyl adjacent to an activating group) is 1. The molecule has 2 aromatic heterocycles. The van der Waals surface area contributed by atoms with Crippen LogP contribution in [-0.2, 0) is 6.54 Å². The molecule has 0 saturated carbocycles. The number of unbranched alkanes of at least 4 members (excludes halogenated alkanes) is 1. The minimum Gasteiger partial charge on any atom is -0.395 e. The summed E-state index contributed by atoms with van der Waals surface area (Å²) in [4.78, 5) is 22.0. The number of anilines is 1. The molecule has 0 spiro atoms. The van der Waals surface area contributed by atoms with Crippen molar-refractivity contribution >= 4 is 22.4 Å². The van der Waals surface area contributed by atoms with Crippen molar-refractivity contribution in [1.82, 2.24) is 24.6 Å². The first-order chi connectivity index (χ1) is 16.5. The fraction of sp³-hybridized carbons (Fsp3) is 0.480. The van der Waals surface area contributed by atoms with Crippen molar-refractivity contribution in [2.75, 3.05) is 65.3 Å². The zero-order chi connectivity index (χ0) is 24.1. The number of rotatable bonds is 13. The fourth-order valence-corrected chi connectivity index (χ4v) is 4.53. The van der Waals surface area contributed by atoms with E-state index in [2.05, 4.69) is 20.1 Å². The Bertz CT molecular complexity index is 1140. The van der Waals surface area contributed by atoms with Crippen LogP contribution in [0, 0.1) is 0 Å². The highest BCUT2D eigenvalue weighted by atomic mass is 16.3. The van der Waals surface area contributed by atoms with Crippen molar-refractivity contribution in [2.45, 2.75) is 19.4 Å².